The van der Waals surface area contributed by atoms with Gasteiger partial charge in [0.15, 0.2) is 0 Å². The number of methoxy groups -OCH3 is 1. The zero-order chi connectivity index (χ0) is 34.8. The van der Waals surface area contributed by atoms with Gasteiger partial charge in [0.05, 0.1) is 42.4 Å². The molecule has 0 unspecified atom stereocenters. The first-order valence-electron chi connectivity index (χ1n) is 16.3. The van der Waals surface area contributed by atoms with Crippen LogP contribution in [0.2, 0.25) is 0 Å². The molecule has 12 heteroatoms. The number of benzene rings is 3. The summed E-state index contributed by atoms with van der Waals surface area (Å²) in [5, 5.41) is 10.2. The fourth-order valence-electron chi connectivity index (χ4n) is 5.69. The fraction of sp³-hybridized carbons (Fsp3) is 0.472. The van der Waals surface area contributed by atoms with Crippen molar-refractivity contribution in [1.82, 2.24) is 9.80 Å². The molecule has 2 N–H and O–H groups in total. The number of rotatable bonds is 10. The third kappa shape index (κ3) is 10.1. The molecule has 4 rings (SSSR count). The van der Waals surface area contributed by atoms with Crippen LogP contribution in [0.4, 0.5) is 10.1 Å². The lowest BCUT2D eigenvalue weighted by Gasteiger charge is -2.36. The van der Waals surface area contributed by atoms with E-state index in [0.29, 0.717) is 25.4 Å². The summed E-state index contributed by atoms with van der Waals surface area (Å²) >= 11 is 0. The topological polar surface area (TPSA) is 118 Å². The first kappa shape index (κ1) is 37.1. The molecule has 262 valence electrons. The SMILES string of the molecule is COc1ccc(CN(C)C[C@@H]2OCCCC[C@H](C)Oc3ccc(NS(=O)(=O)c4ccc(F)cc4)cc3C(=O)N([C@@H](C)CO)C[C@H]2C)cc1. The van der Waals surface area contributed by atoms with Crippen LogP contribution < -0.4 is 14.2 Å². The summed E-state index contributed by atoms with van der Waals surface area (Å²) < 4.78 is 60.2. The van der Waals surface area contributed by atoms with Crippen molar-refractivity contribution in [1.29, 1.82) is 0 Å². The van der Waals surface area contributed by atoms with E-state index in [0.717, 1.165) is 42.7 Å². The zero-order valence-corrected chi connectivity index (χ0v) is 29.2. The third-order valence-electron chi connectivity index (χ3n) is 8.53. The van der Waals surface area contributed by atoms with E-state index >= 15 is 0 Å². The number of nitrogens with one attached hydrogen (secondary N) is 1. The molecule has 0 aromatic heterocycles. The Morgan fingerprint density at radius 3 is 2.46 bits per heavy atom. The standard InChI is InChI=1S/C36H48FN3O7S/c1-25-21-40(26(2)24-41)36(42)33-20-30(38-48(43,44)32-16-11-29(37)12-17-32)13-18-34(33)47-27(3)8-6-7-19-46-35(25)23-39(4)22-28-9-14-31(45-5)15-10-28/h9-18,20,25-27,35,38,41H,6-8,19,21-24H2,1-5H3/t25-,26+,27+,35+/m1/s1. The number of fused-ring (bicyclic) bond motifs is 1. The summed E-state index contributed by atoms with van der Waals surface area (Å²) in [7, 11) is -0.395. The van der Waals surface area contributed by atoms with Crippen molar-refractivity contribution in [2.45, 2.75) is 69.7 Å². The number of halogens is 1. The molecule has 1 aliphatic rings. The summed E-state index contributed by atoms with van der Waals surface area (Å²) in [4.78, 5) is 18.0. The van der Waals surface area contributed by atoms with E-state index in [4.69, 9.17) is 14.2 Å². The summed E-state index contributed by atoms with van der Waals surface area (Å²) in [6.45, 7) is 7.62. The number of hydrogen-bond acceptors (Lipinski definition) is 8. The van der Waals surface area contributed by atoms with E-state index in [2.05, 4.69) is 9.62 Å². The van der Waals surface area contributed by atoms with Gasteiger partial charge in [-0.3, -0.25) is 14.4 Å². The molecule has 0 saturated carbocycles. The third-order valence-corrected chi connectivity index (χ3v) is 9.93. The maximum atomic E-state index is 14.4. The molecule has 1 amide bonds. The Hall–Kier alpha value is -3.71. The van der Waals surface area contributed by atoms with Crippen molar-refractivity contribution in [3.05, 3.63) is 83.7 Å². The Bertz CT molecular complexity index is 1590. The van der Waals surface area contributed by atoms with Crippen LogP contribution in [0.1, 0.15) is 56.0 Å². The summed E-state index contributed by atoms with van der Waals surface area (Å²) in [5.41, 5.74) is 1.45. The van der Waals surface area contributed by atoms with Crippen molar-refractivity contribution in [3.63, 3.8) is 0 Å². The van der Waals surface area contributed by atoms with Gasteiger partial charge in [0, 0.05) is 37.8 Å². The Kier molecular flexibility index (Phi) is 13.2. The molecule has 0 spiro atoms. The van der Waals surface area contributed by atoms with Crippen molar-refractivity contribution in [2.75, 3.05) is 45.2 Å². The lowest BCUT2D eigenvalue weighted by atomic mass is 10.0. The minimum Gasteiger partial charge on any atom is -0.497 e. The largest absolute Gasteiger partial charge is 0.497 e. The van der Waals surface area contributed by atoms with Crippen LogP contribution in [0.3, 0.4) is 0 Å². The van der Waals surface area contributed by atoms with Crippen LogP contribution in [0.15, 0.2) is 71.6 Å². The van der Waals surface area contributed by atoms with E-state index in [1.807, 2.05) is 45.2 Å². The van der Waals surface area contributed by atoms with Gasteiger partial charge in [-0.1, -0.05) is 19.1 Å². The van der Waals surface area contributed by atoms with Crippen LogP contribution in [-0.4, -0.2) is 87.9 Å². The van der Waals surface area contributed by atoms with E-state index in [-0.39, 0.29) is 47.4 Å². The summed E-state index contributed by atoms with van der Waals surface area (Å²) in [5.74, 6) is 0.0411. The first-order chi connectivity index (χ1) is 22.9. The van der Waals surface area contributed by atoms with Crippen LogP contribution in [0.5, 0.6) is 11.5 Å². The number of anilines is 1. The molecule has 0 radical (unpaired) electrons. The van der Waals surface area contributed by atoms with Crippen LogP contribution >= 0.6 is 0 Å². The predicted octanol–water partition coefficient (Wildman–Crippen LogP) is 5.56. The van der Waals surface area contributed by atoms with Crippen molar-refractivity contribution >= 4 is 21.6 Å². The number of carbonyl (C=O) groups is 1. The number of nitrogens with zero attached hydrogens (tertiary/aromatic N) is 2. The smallest absolute Gasteiger partial charge is 0.261 e. The Balaban J connectivity index is 1.62. The number of amides is 1. The average molecular weight is 686 g/mol. The quantitative estimate of drug-likeness (QED) is 0.285. The zero-order valence-electron chi connectivity index (χ0n) is 28.4. The van der Waals surface area contributed by atoms with Crippen molar-refractivity contribution in [2.24, 2.45) is 5.92 Å². The van der Waals surface area contributed by atoms with Gasteiger partial charge in [-0.15, -0.1) is 0 Å². The highest BCUT2D eigenvalue weighted by atomic mass is 32.2. The second kappa shape index (κ2) is 17.1. The highest BCUT2D eigenvalue weighted by molar-refractivity contribution is 7.92. The molecular weight excluding hydrogens is 637 g/mol. The molecule has 3 aromatic rings. The van der Waals surface area contributed by atoms with Gasteiger partial charge in [-0.05, 0) is 100 Å². The molecular formula is C36H48FN3O7S. The fourth-order valence-corrected chi connectivity index (χ4v) is 6.74. The van der Waals surface area contributed by atoms with Gasteiger partial charge in [0.25, 0.3) is 15.9 Å². The monoisotopic (exact) mass is 685 g/mol. The van der Waals surface area contributed by atoms with E-state index in [9.17, 15) is 22.7 Å². The van der Waals surface area contributed by atoms with E-state index in [1.54, 1.807) is 25.0 Å². The van der Waals surface area contributed by atoms with Gasteiger partial charge in [-0.25, -0.2) is 12.8 Å². The minimum atomic E-state index is -4.07. The molecule has 1 aliphatic heterocycles. The Morgan fingerprint density at radius 2 is 1.79 bits per heavy atom. The van der Waals surface area contributed by atoms with Crippen LogP contribution in [0, 0.1) is 11.7 Å². The Labute approximate surface area is 283 Å². The van der Waals surface area contributed by atoms with E-state index in [1.165, 1.54) is 24.3 Å². The van der Waals surface area contributed by atoms with Crippen LogP contribution in [-0.2, 0) is 21.3 Å². The lowest BCUT2D eigenvalue weighted by molar-refractivity contribution is -0.0177. The second-order valence-corrected chi connectivity index (χ2v) is 14.3. The van der Waals surface area contributed by atoms with Gasteiger partial charge >= 0.3 is 0 Å². The predicted molar refractivity (Wildman–Crippen MR) is 183 cm³/mol. The molecule has 10 nitrogen and oxygen atoms in total. The number of sulfonamides is 1. The van der Waals surface area contributed by atoms with Crippen molar-refractivity contribution in [3.8, 4) is 11.5 Å². The first-order valence-corrected chi connectivity index (χ1v) is 17.8. The average Bonchev–Trinajstić information content (AvgIpc) is 3.06. The van der Waals surface area contributed by atoms with Gasteiger partial charge in [-0.2, -0.15) is 0 Å². The molecule has 3 aromatic carbocycles. The molecule has 0 bridgehead atoms. The summed E-state index contributed by atoms with van der Waals surface area (Å²) in [6.07, 6.45) is 1.99. The second-order valence-electron chi connectivity index (χ2n) is 12.6. The van der Waals surface area contributed by atoms with Gasteiger partial charge in [0.1, 0.15) is 17.3 Å². The number of carbonyl (C=O) groups excluding carboxylic acids is 1. The van der Waals surface area contributed by atoms with Crippen LogP contribution in [0.25, 0.3) is 0 Å². The molecule has 0 aliphatic carbocycles. The summed E-state index contributed by atoms with van der Waals surface area (Å²) in [6, 6.07) is 16.5. The molecule has 1 heterocycles. The number of hydrogen-bond donors (Lipinski definition) is 2. The molecule has 4 atom stereocenters. The normalized spacial score (nSPS) is 20.4. The van der Waals surface area contributed by atoms with Crippen molar-refractivity contribution < 1.29 is 36.9 Å². The van der Waals surface area contributed by atoms with Gasteiger partial charge in [0.2, 0.25) is 0 Å². The maximum Gasteiger partial charge on any atom is 0.261 e. The molecule has 0 fully saturated rings. The molecule has 48 heavy (non-hydrogen) atoms. The Morgan fingerprint density at radius 1 is 1.08 bits per heavy atom. The minimum absolute atomic E-state index is 0.118. The number of ether oxygens (including phenoxy) is 3. The maximum absolute atomic E-state index is 14.4. The highest BCUT2D eigenvalue weighted by Crippen LogP contribution is 2.30. The van der Waals surface area contributed by atoms with E-state index < -0.39 is 27.8 Å². The lowest BCUT2D eigenvalue weighted by Crippen LogP contribution is -2.47. The number of aliphatic hydroxyl groups is 1. The van der Waals surface area contributed by atoms with Gasteiger partial charge < -0.3 is 24.2 Å². The number of likely N-dealkylation sites (N-methyl/N-ethyl adjacent to an activating group) is 1. The highest BCUT2D eigenvalue weighted by Gasteiger charge is 2.30. The number of aliphatic hydroxyl groups excluding tert-OH is 1. The molecule has 0 saturated heterocycles.